The molecule has 2 amide bonds. The molecule has 0 atom stereocenters. The van der Waals surface area contributed by atoms with Crippen molar-refractivity contribution >= 4 is 11.8 Å². The standard InChI is InChI=1S/C15H19F3N2O4/c1-10-2-3-12(24-10)14(22)19-11-4-6-20(7-5-11)13(21)8-23-9-15(16,17)18/h2-3,11H,4-9H2,1H3,(H,19,22). The van der Waals surface area contributed by atoms with Crippen LogP contribution in [0.3, 0.4) is 0 Å². The van der Waals surface area contributed by atoms with Gasteiger partial charge in [0.1, 0.15) is 19.0 Å². The minimum Gasteiger partial charge on any atom is -0.456 e. The lowest BCUT2D eigenvalue weighted by Gasteiger charge is -2.32. The molecule has 6 nitrogen and oxygen atoms in total. The number of hydrogen-bond acceptors (Lipinski definition) is 4. The number of hydrogen-bond donors (Lipinski definition) is 1. The van der Waals surface area contributed by atoms with Gasteiger partial charge in [0.05, 0.1) is 0 Å². The second-order valence-electron chi connectivity index (χ2n) is 5.65. The molecule has 2 heterocycles. The summed E-state index contributed by atoms with van der Waals surface area (Å²) in [6, 6.07) is 3.17. The molecule has 1 aliphatic rings. The zero-order chi connectivity index (χ0) is 17.7. The Morgan fingerprint density at radius 2 is 2.00 bits per heavy atom. The number of carbonyl (C=O) groups is 2. The molecule has 0 saturated carbocycles. The second-order valence-corrected chi connectivity index (χ2v) is 5.65. The fourth-order valence-corrected chi connectivity index (χ4v) is 2.43. The van der Waals surface area contributed by atoms with E-state index in [0.717, 1.165) is 0 Å². The quantitative estimate of drug-likeness (QED) is 0.882. The average molecular weight is 348 g/mol. The van der Waals surface area contributed by atoms with E-state index in [1.165, 1.54) is 4.90 Å². The number of carbonyl (C=O) groups excluding carboxylic acids is 2. The Morgan fingerprint density at radius 1 is 1.33 bits per heavy atom. The molecule has 0 radical (unpaired) electrons. The first-order valence-electron chi connectivity index (χ1n) is 7.54. The molecule has 1 aromatic heterocycles. The topological polar surface area (TPSA) is 71.8 Å². The first kappa shape index (κ1) is 18.3. The molecular weight excluding hydrogens is 329 g/mol. The van der Waals surface area contributed by atoms with Crippen LogP contribution in [0.4, 0.5) is 13.2 Å². The first-order valence-corrected chi connectivity index (χ1v) is 7.54. The predicted octanol–water partition coefficient (Wildman–Crippen LogP) is 1.89. The fourth-order valence-electron chi connectivity index (χ4n) is 2.43. The van der Waals surface area contributed by atoms with Crippen LogP contribution in [0.5, 0.6) is 0 Å². The fraction of sp³-hybridized carbons (Fsp3) is 0.600. The highest BCUT2D eigenvalue weighted by Crippen LogP contribution is 2.15. The van der Waals surface area contributed by atoms with Gasteiger partial charge in [0.15, 0.2) is 5.76 Å². The molecule has 2 rings (SSSR count). The molecule has 1 N–H and O–H groups in total. The van der Waals surface area contributed by atoms with Gasteiger partial charge in [0, 0.05) is 19.1 Å². The number of aryl methyl sites for hydroxylation is 1. The summed E-state index contributed by atoms with van der Waals surface area (Å²) in [6.07, 6.45) is -3.39. The Kier molecular flexibility index (Phi) is 5.87. The van der Waals surface area contributed by atoms with Crippen LogP contribution in [0.1, 0.15) is 29.2 Å². The number of amides is 2. The maximum Gasteiger partial charge on any atom is 0.411 e. The normalized spacial score (nSPS) is 16.2. The molecule has 0 aliphatic carbocycles. The number of ether oxygens (including phenoxy) is 1. The average Bonchev–Trinajstić information content (AvgIpc) is 2.93. The largest absolute Gasteiger partial charge is 0.456 e. The predicted molar refractivity (Wildman–Crippen MR) is 77.4 cm³/mol. The van der Waals surface area contributed by atoms with Crippen LogP contribution >= 0.6 is 0 Å². The van der Waals surface area contributed by atoms with Crippen LogP contribution in [0.15, 0.2) is 16.5 Å². The number of rotatable bonds is 5. The number of furan rings is 1. The number of piperidine rings is 1. The Hall–Kier alpha value is -2.03. The third kappa shape index (κ3) is 5.55. The third-order valence-corrected chi connectivity index (χ3v) is 3.64. The monoisotopic (exact) mass is 348 g/mol. The van der Waals surface area contributed by atoms with E-state index in [9.17, 15) is 22.8 Å². The van der Waals surface area contributed by atoms with Gasteiger partial charge in [-0.3, -0.25) is 9.59 Å². The summed E-state index contributed by atoms with van der Waals surface area (Å²) in [5.74, 6) is 0.0676. The summed E-state index contributed by atoms with van der Waals surface area (Å²) in [4.78, 5) is 25.2. The van der Waals surface area contributed by atoms with Crippen molar-refractivity contribution in [1.82, 2.24) is 10.2 Å². The molecule has 0 aromatic carbocycles. The number of nitrogens with zero attached hydrogens (tertiary/aromatic N) is 1. The second kappa shape index (κ2) is 7.69. The number of likely N-dealkylation sites (tertiary alicyclic amines) is 1. The van der Waals surface area contributed by atoms with Gasteiger partial charge >= 0.3 is 6.18 Å². The summed E-state index contributed by atoms with van der Waals surface area (Å²) in [5, 5.41) is 2.82. The van der Waals surface area contributed by atoms with Gasteiger partial charge < -0.3 is 19.4 Å². The highest BCUT2D eigenvalue weighted by Gasteiger charge is 2.29. The number of alkyl halides is 3. The van der Waals surface area contributed by atoms with Crippen molar-refractivity contribution in [2.45, 2.75) is 32.0 Å². The molecule has 1 aromatic rings. The van der Waals surface area contributed by atoms with Crippen LogP contribution in [0.2, 0.25) is 0 Å². The smallest absolute Gasteiger partial charge is 0.411 e. The lowest BCUT2D eigenvalue weighted by molar-refractivity contribution is -0.178. The first-order chi connectivity index (χ1) is 11.2. The maximum atomic E-state index is 12.0. The van der Waals surface area contributed by atoms with Crippen LogP contribution in [0.25, 0.3) is 0 Å². The molecule has 1 saturated heterocycles. The minimum absolute atomic E-state index is 0.108. The Labute approximate surface area is 136 Å². The maximum absolute atomic E-state index is 12.0. The Balaban J connectivity index is 1.71. The van der Waals surface area contributed by atoms with E-state index in [-0.39, 0.29) is 17.7 Å². The lowest BCUT2D eigenvalue weighted by atomic mass is 10.0. The zero-order valence-electron chi connectivity index (χ0n) is 13.2. The lowest BCUT2D eigenvalue weighted by Crippen LogP contribution is -2.47. The highest BCUT2D eigenvalue weighted by molar-refractivity contribution is 5.91. The summed E-state index contributed by atoms with van der Waals surface area (Å²) in [7, 11) is 0. The summed E-state index contributed by atoms with van der Waals surface area (Å²) >= 11 is 0. The summed E-state index contributed by atoms with van der Waals surface area (Å²) < 4.78 is 45.5. The molecule has 0 bridgehead atoms. The molecule has 24 heavy (non-hydrogen) atoms. The Bertz CT molecular complexity index is 578. The Morgan fingerprint density at radius 3 is 2.54 bits per heavy atom. The molecule has 134 valence electrons. The van der Waals surface area contributed by atoms with Gasteiger partial charge in [-0.05, 0) is 31.9 Å². The minimum atomic E-state index is -4.44. The van der Waals surface area contributed by atoms with Crippen LogP contribution < -0.4 is 5.32 Å². The van der Waals surface area contributed by atoms with Crippen LogP contribution in [0, 0.1) is 6.92 Å². The van der Waals surface area contributed by atoms with Crippen molar-refractivity contribution in [1.29, 1.82) is 0 Å². The van der Waals surface area contributed by atoms with Gasteiger partial charge in [-0.15, -0.1) is 0 Å². The van der Waals surface area contributed by atoms with E-state index in [0.29, 0.717) is 31.7 Å². The third-order valence-electron chi connectivity index (χ3n) is 3.64. The van der Waals surface area contributed by atoms with Gasteiger partial charge in [-0.1, -0.05) is 0 Å². The van der Waals surface area contributed by atoms with Crippen molar-refractivity contribution in [2.24, 2.45) is 0 Å². The van der Waals surface area contributed by atoms with Crippen molar-refractivity contribution in [3.05, 3.63) is 23.7 Å². The van der Waals surface area contributed by atoms with E-state index >= 15 is 0 Å². The van der Waals surface area contributed by atoms with E-state index < -0.39 is 25.3 Å². The molecule has 0 spiro atoms. The summed E-state index contributed by atoms with van der Waals surface area (Å²) in [5.41, 5.74) is 0. The van der Waals surface area contributed by atoms with Gasteiger partial charge in [0.2, 0.25) is 5.91 Å². The van der Waals surface area contributed by atoms with E-state index in [4.69, 9.17) is 4.42 Å². The van der Waals surface area contributed by atoms with Gasteiger partial charge in [-0.25, -0.2) is 0 Å². The van der Waals surface area contributed by atoms with Crippen LogP contribution in [-0.2, 0) is 9.53 Å². The van der Waals surface area contributed by atoms with E-state index in [1.54, 1.807) is 19.1 Å². The zero-order valence-corrected chi connectivity index (χ0v) is 13.2. The van der Waals surface area contributed by atoms with Crippen molar-refractivity contribution in [3.63, 3.8) is 0 Å². The number of nitrogens with one attached hydrogen (secondary N) is 1. The summed E-state index contributed by atoms with van der Waals surface area (Å²) in [6.45, 7) is 0.421. The molecule has 0 unspecified atom stereocenters. The molecule has 1 fully saturated rings. The molecular formula is C15H19F3N2O4. The molecule has 1 aliphatic heterocycles. The van der Waals surface area contributed by atoms with Crippen molar-refractivity contribution < 1.29 is 31.9 Å². The van der Waals surface area contributed by atoms with Crippen LogP contribution in [-0.4, -0.2) is 55.2 Å². The molecule has 9 heteroatoms. The number of halogens is 3. The van der Waals surface area contributed by atoms with Gasteiger partial charge in [-0.2, -0.15) is 13.2 Å². The van der Waals surface area contributed by atoms with Crippen molar-refractivity contribution in [2.75, 3.05) is 26.3 Å². The SMILES string of the molecule is Cc1ccc(C(=O)NC2CCN(C(=O)COCC(F)(F)F)CC2)o1. The van der Waals surface area contributed by atoms with Crippen molar-refractivity contribution in [3.8, 4) is 0 Å². The van der Waals surface area contributed by atoms with Gasteiger partial charge in [0.25, 0.3) is 5.91 Å². The van der Waals surface area contributed by atoms with E-state index in [1.807, 2.05) is 0 Å². The highest BCUT2D eigenvalue weighted by atomic mass is 19.4. The van der Waals surface area contributed by atoms with E-state index in [2.05, 4.69) is 10.1 Å².